The molecular formula is C33H33ClF4. The number of fused-ring (bicyclic) bond motifs is 1. The van der Waals surface area contributed by atoms with Gasteiger partial charge in [0.15, 0.2) is 0 Å². The van der Waals surface area contributed by atoms with Crippen LogP contribution in [-0.4, -0.2) is 0 Å². The lowest BCUT2D eigenvalue weighted by Gasteiger charge is -2.11. The van der Waals surface area contributed by atoms with E-state index in [0.717, 1.165) is 35.8 Å². The first-order chi connectivity index (χ1) is 18.4. The largest absolute Gasteiger partial charge is 0.207 e. The van der Waals surface area contributed by atoms with Gasteiger partial charge in [0, 0.05) is 10.9 Å². The van der Waals surface area contributed by atoms with Crippen LogP contribution >= 0.6 is 11.6 Å². The van der Waals surface area contributed by atoms with Gasteiger partial charge in [0.2, 0.25) is 0 Å². The van der Waals surface area contributed by atoms with Gasteiger partial charge >= 0.3 is 0 Å². The molecule has 0 aliphatic heterocycles. The SMILES string of the molecule is CCCCCCCc1cc(F)c(CCc2ccc3c(F)c(CCc4ccc(Cl)c(F)c4)ccc3c2)c(F)c1. The molecule has 200 valence electrons. The molecule has 0 spiro atoms. The molecule has 0 bridgehead atoms. The Hall–Kier alpha value is -2.85. The Morgan fingerprint density at radius 2 is 1.24 bits per heavy atom. The average molecular weight is 541 g/mol. The lowest BCUT2D eigenvalue weighted by molar-refractivity contribution is 0.549. The van der Waals surface area contributed by atoms with E-state index in [9.17, 15) is 13.2 Å². The molecule has 0 amide bonds. The van der Waals surface area contributed by atoms with E-state index in [4.69, 9.17) is 11.6 Å². The van der Waals surface area contributed by atoms with Crippen LogP contribution in [0.3, 0.4) is 0 Å². The molecule has 0 N–H and O–H groups in total. The zero-order chi connectivity index (χ0) is 27.1. The predicted octanol–water partition coefficient (Wildman–Crippen LogP) is 10.1. The lowest BCUT2D eigenvalue weighted by Crippen LogP contribution is -2.02. The Bertz CT molecular complexity index is 1370. The third-order valence-corrected chi connectivity index (χ3v) is 7.51. The molecule has 0 aromatic heterocycles. The van der Waals surface area contributed by atoms with Crippen LogP contribution in [0.15, 0.2) is 60.7 Å². The minimum Gasteiger partial charge on any atom is -0.207 e. The number of unbranched alkanes of at least 4 members (excludes halogenated alkanes) is 4. The van der Waals surface area contributed by atoms with Crippen molar-refractivity contribution in [2.45, 2.75) is 71.1 Å². The molecule has 4 aromatic rings. The van der Waals surface area contributed by atoms with Crippen molar-refractivity contribution in [2.75, 3.05) is 0 Å². The third-order valence-electron chi connectivity index (χ3n) is 7.20. The fourth-order valence-electron chi connectivity index (χ4n) is 4.95. The highest BCUT2D eigenvalue weighted by atomic mass is 35.5. The zero-order valence-corrected chi connectivity index (χ0v) is 22.5. The molecule has 0 heterocycles. The van der Waals surface area contributed by atoms with E-state index in [-0.39, 0.29) is 22.8 Å². The number of rotatable bonds is 12. The summed E-state index contributed by atoms with van der Waals surface area (Å²) in [6.45, 7) is 2.16. The van der Waals surface area contributed by atoms with Gasteiger partial charge in [-0.15, -0.1) is 0 Å². The van der Waals surface area contributed by atoms with Crippen LogP contribution in [0.25, 0.3) is 10.8 Å². The third kappa shape index (κ3) is 7.17. The normalized spacial score (nSPS) is 11.4. The van der Waals surface area contributed by atoms with Gasteiger partial charge in [0.1, 0.15) is 23.3 Å². The van der Waals surface area contributed by atoms with Gasteiger partial charge in [-0.1, -0.05) is 80.6 Å². The van der Waals surface area contributed by atoms with Crippen molar-refractivity contribution in [3.8, 4) is 0 Å². The summed E-state index contributed by atoms with van der Waals surface area (Å²) in [6.07, 6.45) is 7.81. The highest BCUT2D eigenvalue weighted by Crippen LogP contribution is 2.26. The number of hydrogen-bond donors (Lipinski definition) is 0. The van der Waals surface area contributed by atoms with E-state index in [0.29, 0.717) is 42.2 Å². The first-order valence-corrected chi connectivity index (χ1v) is 13.8. The number of halogens is 5. The molecule has 0 atom stereocenters. The quantitative estimate of drug-likeness (QED) is 0.124. The summed E-state index contributed by atoms with van der Waals surface area (Å²) >= 11 is 5.74. The molecule has 0 radical (unpaired) electrons. The number of benzene rings is 4. The molecule has 0 saturated heterocycles. The van der Waals surface area contributed by atoms with E-state index in [1.807, 2.05) is 18.2 Å². The monoisotopic (exact) mass is 540 g/mol. The predicted molar refractivity (Wildman–Crippen MR) is 149 cm³/mol. The molecule has 5 heteroatoms. The van der Waals surface area contributed by atoms with Gasteiger partial charge in [-0.25, -0.2) is 17.6 Å². The lowest BCUT2D eigenvalue weighted by atomic mass is 9.96. The van der Waals surface area contributed by atoms with Crippen molar-refractivity contribution < 1.29 is 17.6 Å². The van der Waals surface area contributed by atoms with E-state index >= 15 is 4.39 Å². The zero-order valence-electron chi connectivity index (χ0n) is 21.7. The minimum atomic E-state index is -0.495. The standard InChI is InChI=1S/C33H33ClF4/c1-2-3-4-5-6-7-24-20-30(35)28(31(36)21-24)16-10-22-9-15-27-26(18-22)14-13-25(33(27)38)12-8-23-11-17-29(34)32(37)19-23/h9,11,13-15,17-21H,2-8,10,12,16H2,1H3. The second kappa shape index (κ2) is 13.3. The fraction of sp³-hybridized carbons (Fsp3) is 0.333. The maximum Gasteiger partial charge on any atom is 0.142 e. The molecule has 0 fully saturated rings. The van der Waals surface area contributed by atoms with Crippen molar-refractivity contribution in [1.82, 2.24) is 0 Å². The Kier molecular flexibility index (Phi) is 9.85. The summed E-state index contributed by atoms with van der Waals surface area (Å²) in [5.74, 6) is -1.77. The first kappa shape index (κ1) is 28.2. The molecular weight excluding hydrogens is 508 g/mol. The van der Waals surface area contributed by atoms with Gasteiger partial charge < -0.3 is 0 Å². The minimum absolute atomic E-state index is 0.0668. The summed E-state index contributed by atoms with van der Waals surface area (Å²) < 4.78 is 58.3. The van der Waals surface area contributed by atoms with Gasteiger partial charge in [0.05, 0.1) is 5.02 Å². The van der Waals surface area contributed by atoms with Crippen LogP contribution in [0.4, 0.5) is 17.6 Å². The summed E-state index contributed by atoms with van der Waals surface area (Å²) in [7, 11) is 0. The summed E-state index contributed by atoms with van der Waals surface area (Å²) in [5, 5.41) is 1.30. The van der Waals surface area contributed by atoms with E-state index < -0.39 is 17.5 Å². The highest BCUT2D eigenvalue weighted by molar-refractivity contribution is 6.30. The Morgan fingerprint density at radius 3 is 1.97 bits per heavy atom. The smallest absolute Gasteiger partial charge is 0.142 e. The van der Waals surface area contributed by atoms with Crippen LogP contribution in [0.1, 0.15) is 66.8 Å². The van der Waals surface area contributed by atoms with Crippen molar-refractivity contribution in [1.29, 1.82) is 0 Å². The van der Waals surface area contributed by atoms with Gasteiger partial charge in [-0.3, -0.25) is 0 Å². The topological polar surface area (TPSA) is 0 Å². The van der Waals surface area contributed by atoms with Gasteiger partial charge in [-0.2, -0.15) is 0 Å². The fourth-order valence-corrected chi connectivity index (χ4v) is 5.07. The molecule has 38 heavy (non-hydrogen) atoms. The summed E-state index contributed by atoms with van der Waals surface area (Å²) in [5.41, 5.74) is 3.00. The van der Waals surface area contributed by atoms with Crippen molar-refractivity contribution in [3.05, 3.63) is 117 Å². The average Bonchev–Trinajstić information content (AvgIpc) is 2.89. The first-order valence-electron chi connectivity index (χ1n) is 13.5. The van der Waals surface area contributed by atoms with Crippen LogP contribution < -0.4 is 0 Å². The second-order valence-electron chi connectivity index (χ2n) is 10.0. The molecule has 4 rings (SSSR count). The second-order valence-corrected chi connectivity index (χ2v) is 10.5. The Balaban J connectivity index is 1.39. The molecule has 0 saturated carbocycles. The summed E-state index contributed by atoms with van der Waals surface area (Å²) in [4.78, 5) is 0. The van der Waals surface area contributed by atoms with Crippen molar-refractivity contribution >= 4 is 22.4 Å². The van der Waals surface area contributed by atoms with Crippen LogP contribution in [-0.2, 0) is 32.1 Å². The maximum atomic E-state index is 15.2. The van der Waals surface area contributed by atoms with E-state index in [1.165, 1.54) is 37.1 Å². The van der Waals surface area contributed by atoms with Gasteiger partial charge in [0.25, 0.3) is 0 Å². The van der Waals surface area contributed by atoms with Crippen molar-refractivity contribution in [3.63, 3.8) is 0 Å². The molecule has 0 aliphatic rings. The molecule has 0 unspecified atom stereocenters. The van der Waals surface area contributed by atoms with Gasteiger partial charge in [-0.05, 0) is 90.4 Å². The summed E-state index contributed by atoms with van der Waals surface area (Å²) in [6, 6.07) is 16.6. The highest BCUT2D eigenvalue weighted by Gasteiger charge is 2.13. The van der Waals surface area contributed by atoms with Crippen LogP contribution in [0.5, 0.6) is 0 Å². The van der Waals surface area contributed by atoms with Crippen LogP contribution in [0, 0.1) is 23.3 Å². The molecule has 0 aliphatic carbocycles. The number of aryl methyl sites for hydroxylation is 4. The molecule has 0 nitrogen and oxygen atoms in total. The Labute approximate surface area is 227 Å². The Morgan fingerprint density at radius 1 is 0.579 bits per heavy atom. The number of hydrogen-bond acceptors (Lipinski definition) is 0. The molecule has 4 aromatic carbocycles. The maximum absolute atomic E-state index is 15.2. The van der Waals surface area contributed by atoms with E-state index in [1.54, 1.807) is 18.2 Å². The van der Waals surface area contributed by atoms with Crippen LogP contribution in [0.2, 0.25) is 5.02 Å². The van der Waals surface area contributed by atoms with Crippen molar-refractivity contribution in [2.24, 2.45) is 0 Å². The van der Waals surface area contributed by atoms with E-state index in [2.05, 4.69) is 6.92 Å².